The largest absolute Gasteiger partial charge is 0.507 e. The van der Waals surface area contributed by atoms with E-state index < -0.39 is 5.91 Å². The molecule has 0 saturated carbocycles. The van der Waals surface area contributed by atoms with Crippen LogP contribution in [-0.4, -0.2) is 16.0 Å². The van der Waals surface area contributed by atoms with Crippen LogP contribution in [0, 0.1) is 0 Å². The fourth-order valence-corrected chi connectivity index (χ4v) is 2.62. The Labute approximate surface area is 140 Å². The maximum atomic E-state index is 10.9. The van der Waals surface area contributed by atoms with Gasteiger partial charge in [0.1, 0.15) is 10.4 Å². The van der Waals surface area contributed by atoms with Crippen molar-refractivity contribution < 1.29 is 9.90 Å². The molecule has 0 aliphatic carbocycles. The summed E-state index contributed by atoms with van der Waals surface area (Å²) in [5, 5.41) is 10.9. The third-order valence-electron chi connectivity index (χ3n) is 2.93. The van der Waals surface area contributed by atoms with Gasteiger partial charge in [0.2, 0.25) is 5.91 Å². The third kappa shape index (κ3) is 3.67. The molecular weight excluding hydrogens is 379 g/mol. The van der Waals surface area contributed by atoms with E-state index in [-0.39, 0.29) is 23.6 Å². The topological polar surface area (TPSA) is 76.2 Å². The molecule has 2 rings (SSSR count). The second kappa shape index (κ2) is 6.64. The minimum Gasteiger partial charge on any atom is -0.507 e. The molecule has 0 radical (unpaired) electrons. The number of nitrogens with two attached hydrogens (primary N) is 1. The molecule has 0 fully saturated rings. The second-order valence-electron chi connectivity index (χ2n) is 4.39. The van der Waals surface area contributed by atoms with Crippen molar-refractivity contribution in [3.05, 3.63) is 44.6 Å². The first kappa shape index (κ1) is 16.1. The predicted octanol–water partition coefficient (Wildman–Crippen LogP) is 3.94. The van der Waals surface area contributed by atoms with E-state index in [1.807, 2.05) is 0 Å². The highest BCUT2D eigenvalue weighted by molar-refractivity contribution is 9.10. The maximum Gasteiger partial charge on any atom is 0.217 e. The van der Waals surface area contributed by atoms with E-state index in [9.17, 15) is 9.90 Å². The number of hydrogen-bond donors (Lipinski definition) is 2. The Morgan fingerprint density at radius 3 is 2.67 bits per heavy atom. The Hall–Kier alpha value is -1.30. The van der Waals surface area contributed by atoms with Crippen molar-refractivity contribution >= 4 is 45.0 Å². The van der Waals surface area contributed by atoms with Gasteiger partial charge in [0, 0.05) is 23.7 Å². The molecule has 0 aliphatic heterocycles. The zero-order valence-corrected chi connectivity index (χ0v) is 13.8. The highest BCUT2D eigenvalue weighted by Crippen LogP contribution is 2.42. The summed E-state index contributed by atoms with van der Waals surface area (Å²) in [7, 11) is 0. The Bertz CT molecular complexity index is 690. The lowest BCUT2D eigenvalue weighted by Gasteiger charge is -2.13. The molecule has 7 heteroatoms. The lowest BCUT2D eigenvalue weighted by molar-refractivity contribution is -0.117. The molecule has 0 atom stereocenters. The molecule has 0 spiro atoms. The first-order chi connectivity index (χ1) is 9.90. The Morgan fingerprint density at radius 1 is 1.38 bits per heavy atom. The lowest BCUT2D eigenvalue weighted by Crippen LogP contribution is -2.11. The molecule has 1 aromatic carbocycles. The fraction of sp³-hybridized carbons (Fsp3) is 0.143. The molecule has 1 amide bonds. The second-order valence-corrected chi connectivity index (χ2v) is 5.99. The van der Waals surface area contributed by atoms with E-state index in [0.29, 0.717) is 26.3 Å². The molecule has 0 bridgehead atoms. The zero-order valence-electron chi connectivity index (χ0n) is 10.7. The number of carbonyl (C=O) groups excluding carboxylic acids is 1. The average Bonchev–Trinajstić information content (AvgIpc) is 2.43. The van der Waals surface area contributed by atoms with Crippen LogP contribution in [0.2, 0.25) is 10.0 Å². The van der Waals surface area contributed by atoms with Crippen molar-refractivity contribution in [2.75, 3.05) is 0 Å². The van der Waals surface area contributed by atoms with Crippen LogP contribution in [0.15, 0.2) is 29.0 Å². The average molecular weight is 390 g/mol. The van der Waals surface area contributed by atoms with Gasteiger partial charge < -0.3 is 10.8 Å². The van der Waals surface area contributed by atoms with E-state index in [0.717, 1.165) is 0 Å². The number of aromatic hydroxyl groups is 1. The lowest BCUT2D eigenvalue weighted by atomic mass is 10.00. The summed E-state index contributed by atoms with van der Waals surface area (Å²) in [6, 6.07) is 5.03. The van der Waals surface area contributed by atoms with Gasteiger partial charge in [-0.25, -0.2) is 4.98 Å². The van der Waals surface area contributed by atoms with Crippen LogP contribution in [0.25, 0.3) is 11.1 Å². The van der Waals surface area contributed by atoms with E-state index in [1.165, 1.54) is 6.07 Å². The molecule has 0 aliphatic rings. The summed E-state index contributed by atoms with van der Waals surface area (Å²) < 4.78 is 0.665. The van der Waals surface area contributed by atoms with E-state index in [2.05, 4.69) is 20.9 Å². The standard InChI is InChI=1S/C14H11BrCl2N2O2/c15-10-3-1-8(6-19-10)12-13(17)9(16)5-7(14(12)21)2-4-11(18)20/h1,3,5-6,21H,2,4H2,(H2,18,20). The summed E-state index contributed by atoms with van der Waals surface area (Å²) in [6.07, 6.45) is 1.97. The van der Waals surface area contributed by atoms with Gasteiger partial charge in [-0.2, -0.15) is 0 Å². The normalized spacial score (nSPS) is 10.6. The number of hydrogen-bond acceptors (Lipinski definition) is 3. The SMILES string of the molecule is NC(=O)CCc1cc(Cl)c(Cl)c(-c2ccc(Br)nc2)c1O. The van der Waals surface area contributed by atoms with Crippen LogP contribution < -0.4 is 5.73 Å². The zero-order chi connectivity index (χ0) is 15.6. The number of aromatic nitrogens is 1. The molecule has 3 N–H and O–H groups in total. The van der Waals surface area contributed by atoms with Crippen molar-refractivity contribution in [3.8, 4) is 16.9 Å². The van der Waals surface area contributed by atoms with E-state index in [4.69, 9.17) is 28.9 Å². The number of amides is 1. The Kier molecular flexibility index (Phi) is 5.08. The fourth-order valence-electron chi connectivity index (χ4n) is 1.90. The van der Waals surface area contributed by atoms with Crippen molar-refractivity contribution in [1.29, 1.82) is 0 Å². The van der Waals surface area contributed by atoms with Gasteiger partial charge >= 0.3 is 0 Å². The molecular formula is C14H11BrCl2N2O2. The van der Waals surface area contributed by atoms with Crippen LogP contribution in [0.3, 0.4) is 0 Å². The van der Waals surface area contributed by atoms with E-state index in [1.54, 1.807) is 18.3 Å². The molecule has 2 aromatic rings. The number of aryl methyl sites for hydroxylation is 1. The van der Waals surface area contributed by atoms with Crippen LogP contribution in [-0.2, 0) is 11.2 Å². The van der Waals surface area contributed by atoms with Gasteiger partial charge in [-0.1, -0.05) is 23.2 Å². The molecule has 0 saturated heterocycles. The van der Waals surface area contributed by atoms with Crippen LogP contribution in [0.1, 0.15) is 12.0 Å². The summed E-state index contributed by atoms with van der Waals surface area (Å²) in [6.45, 7) is 0. The first-order valence-electron chi connectivity index (χ1n) is 6.00. The van der Waals surface area contributed by atoms with Gasteiger partial charge in [-0.15, -0.1) is 0 Å². The van der Waals surface area contributed by atoms with Gasteiger partial charge in [0.15, 0.2) is 0 Å². The summed E-state index contributed by atoms with van der Waals surface area (Å²) in [5.74, 6) is -0.470. The number of phenolic OH excluding ortho intramolecular Hbond substituents is 1. The number of nitrogens with zero attached hydrogens (tertiary/aromatic N) is 1. The van der Waals surface area contributed by atoms with Crippen molar-refractivity contribution in [1.82, 2.24) is 4.98 Å². The summed E-state index contributed by atoms with van der Waals surface area (Å²) >= 11 is 15.5. The summed E-state index contributed by atoms with van der Waals surface area (Å²) in [4.78, 5) is 15.0. The molecule has 4 nitrogen and oxygen atoms in total. The third-order valence-corrected chi connectivity index (χ3v) is 4.18. The highest BCUT2D eigenvalue weighted by atomic mass is 79.9. The summed E-state index contributed by atoms with van der Waals surface area (Å²) in [5.41, 5.74) is 6.66. The number of benzene rings is 1. The number of halogens is 3. The van der Waals surface area contributed by atoms with Crippen molar-refractivity contribution in [2.24, 2.45) is 5.73 Å². The minimum absolute atomic E-state index is 0.0187. The Balaban J connectivity index is 2.53. The highest BCUT2D eigenvalue weighted by Gasteiger charge is 2.18. The monoisotopic (exact) mass is 388 g/mol. The molecule has 0 unspecified atom stereocenters. The number of primary amides is 1. The van der Waals surface area contributed by atoms with E-state index >= 15 is 0 Å². The predicted molar refractivity (Wildman–Crippen MR) is 86.6 cm³/mol. The van der Waals surface area contributed by atoms with Gasteiger partial charge in [-0.3, -0.25) is 4.79 Å². The van der Waals surface area contributed by atoms with Gasteiger partial charge in [0.25, 0.3) is 0 Å². The smallest absolute Gasteiger partial charge is 0.217 e. The van der Waals surface area contributed by atoms with Gasteiger partial charge in [0.05, 0.1) is 10.0 Å². The molecule has 1 heterocycles. The quantitative estimate of drug-likeness (QED) is 0.777. The molecule has 1 aromatic heterocycles. The number of phenols is 1. The molecule has 21 heavy (non-hydrogen) atoms. The van der Waals surface area contributed by atoms with Crippen molar-refractivity contribution in [3.63, 3.8) is 0 Å². The minimum atomic E-state index is -0.452. The van der Waals surface area contributed by atoms with Crippen LogP contribution in [0.4, 0.5) is 0 Å². The van der Waals surface area contributed by atoms with Crippen LogP contribution >= 0.6 is 39.1 Å². The molecule has 110 valence electrons. The first-order valence-corrected chi connectivity index (χ1v) is 7.55. The van der Waals surface area contributed by atoms with Crippen molar-refractivity contribution in [2.45, 2.75) is 12.8 Å². The van der Waals surface area contributed by atoms with Gasteiger partial charge in [-0.05, 0) is 46.1 Å². The number of pyridine rings is 1. The number of carbonyl (C=O) groups is 1. The number of rotatable bonds is 4. The Morgan fingerprint density at radius 2 is 2.10 bits per heavy atom. The maximum absolute atomic E-state index is 10.9. The van der Waals surface area contributed by atoms with Crippen LogP contribution in [0.5, 0.6) is 5.75 Å².